The highest BCUT2D eigenvalue weighted by atomic mass is 16.5. The Balaban J connectivity index is 2.54. The number of benzene rings is 1. The molecule has 1 rings (SSSR count). The number of hydrogen-bond acceptors (Lipinski definition) is 4. The molecule has 1 aromatic carbocycles. The van der Waals surface area contributed by atoms with Crippen LogP contribution in [0.2, 0.25) is 0 Å². The summed E-state index contributed by atoms with van der Waals surface area (Å²) in [6.07, 6.45) is 0.960. The summed E-state index contributed by atoms with van der Waals surface area (Å²) >= 11 is 0. The molecule has 0 aliphatic carbocycles. The van der Waals surface area contributed by atoms with E-state index in [1.807, 2.05) is 6.07 Å². The van der Waals surface area contributed by atoms with Gasteiger partial charge in [-0.25, -0.2) is 0 Å². The lowest BCUT2D eigenvalue weighted by Gasteiger charge is -2.24. The van der Waals surface area contributed by atoms with Crippen LogP contribution >= 0.6 is 0 Å². The Hall–Kier alpha value is -1.26. The Kier molecular flexibility index (Phi) is 7.30. The van der Waals surface area contributed by atoms with Gasteiger partial charge in [-0.05, 0) is 37.1 Å². The standard InChI is InChI=1S/C15H26N2O2/c1-4-13-12-14(6-7-15(13)16)17(5-2)8-9-19-11-10-18-3/h6-7,12H,4-5,8-11,16H2,1-3H3. The number of methoxy groups -OCH3 is 1. The summed E-state index contributed by atoms with van der Waals surface area (Å²) in [5.74, 6) is 0. The summed E-state index contributed by atoms with van der Waals surface area (Å²) < 4.78 is 10.5. The van der Waals surface area contributed by atoms with Crippen molar-refractivity contribution in [2.75, 3.05) is 50.7 Å². The summed E-state index contributed by atoms with van der Waals surface area (Å²) in [5, 5.41) is 0. The van der Waals surface area contributed by atoms with Crippen molar-refractivity contribution in [2.45, 2.75) is 20.3 Å². The number of nitrogens with zero attached hydrogens (tertiary/aromatic N) is 1. The van der Waals surface area contributed by atoms with Crippen LogP contribution in [0.4, 0.5) is 11.4 Å². The van der Waals surface area contributed by atoms with Crippen LogP contribution in [0.25, 0.3) is 0 Å². The molecule has 0 saturated heterocycles. The Morgan fingerprint density at radius 1 is 1.16 bits per heavy atom. The molecule has 2 N–H and O–H groups in total. The molecular formula is C15H26N2O2. The van der Waals surface area contributed by atoms with Crippen molar-refractivity contribution in [3.63, 3.8) is 0 Å². The van der Waals surface area contributed by atoms with Crippen LogP contribution in [0.1, 0.15) is 19.4 Å². The van der Waals surface area contributed by atoms with Crippen molar-refractivity contribution in [3.8, 4) is 0 Å². The number of ether oxygens (including phenoxy) is 2. The zero-order valence-corrected chi connectivity index (χ0v) is 12.3. The van der Waals surface area contributed by atoms with Crippen LogP contribution in [0.5, 0.6) is 0 Å². The number of hydrogen-bond donors (Lipinski definition) is 1. The molecule has 108 valence electrons. The van der Waals surface area contributed by atoms with Crippen molar-refractivity contribution in [2.24, 2.45) is 0 Å². The number of nitrogen functional groups attached to an aromatic ring is 1. The van der Waals surface area contributed by atoms with Gasteiger partial charge in [-0.15, -0.1) is 0 Å². The summed E-state index contributed by atoms with van der Waals surface area (Å²) in [6.45, 7) is 8.12. The van der Waals surface area contributed by atoms with E-state index in [1.54, 1.807) is 7.11 Å². The molecule has 0 fully saturated rings. The normalized spacial score (nSPS) is 10.7. The van der Waals surface area contributed by atoms with Gasteiger partial charge in [0, 0.05) is 31.6 Å². The fraction of sp³-hybridized carbons (Fsp3) is 0.600. The average Bonchev–Trinajstić information content (AvgIpc) is 2.44. The minimum Gasteiger partial charge on any atom is -0.399 e. The van der Waals surface area contributed by atoms with Gasteiger partial charge in [-0.1, -0.05) is 6.92 Å². The predicted octanol–water partition coefficient (Wildman–Crippen LogP) is 2.32. The zero-order chi connectivity index (χ0) is 14.1. The minimum atomic E-state index is 0.647. The van der Waals surface area contributed by atoms with Gasteiger partial charge in [0.25, 0.3) is 0 Å². The lowest BCUT2D eigenvalue weighted by atomic mass is 10.1. The first-order chi connectivity index (χ1) is 9.22. The Labute approximate surface area is 116 Å². The molecule has 0 aliphatic heterocycles. The molecule has 0 heterocycles. The summed E-state index contributed by atoms with van der Waals surface area (Å²) in [5.41, 5.74) is 9.23. The number of rotatable bonds is 9. The van der Waals surface area contributed by atoms with Crippen LogP contribution in [0.15, 0.2) is 18.2 Å². The van der Waals surface area contributed by atoms with Gasteiger partial charge >= 0.3 is 0 Å². The highest BCUT2D eigenvalue weighted by Crippen LogP contribution is 2.21. The first-order valence-electron chi connectivity index (χ1n) is 6.92. The number of aryl methyl sites for hydroxylation is 1. The molecule has 0 saturated carbocycles. The van der Waals surface area contributed by atoms with Gasteiger partial charge < -0.3 is 20.1 Å². The van der Waals surface area contributed by atoms with Gasteiger partial charge in [-0.2, -0.15) is 0 Å². The molecule has 0 unspecified atom stereocenters. The quantitative estimate of drug-likeness (QED) is 0.550. The molecule has 1 aromatic rings. The van der Waals surface area contributed by atoms with E-state index in [4.69, 9.17) is 15.2 Å². The highest BCUT2D eigenvalue weighted by Gasteiger charge is 2.06. The molecule has 0 bridgehead atoms. The minimum absolute atomic E-state index is 0.647. The van der Waals surface area contributed by atoms with E-state index in [0.717, 1.165) is 25.2 Å². The van der Waals surface area contributed by atoms with Crippen LogP contribution < -0.4 is 10.6 Å². The fourth-order valence-electron chi connectivity index (χ4n) is 1.98. The second-order valence-corrected chi connectivity index (χ2v) is 4.42. The summed E-state index contributed by atoms with van der Waals surface area (Å²) in [6, 6.07) is 6.24. The van der Waals surface area contributed by atoms with E-state index in [1.165, 1.54) is 11.3 Å². The third kappa shape index (κ3) is 5.09. The number of nitrogens with two attached hydrogens (primary N) is 1. The van der Waals surface area contributed by atoms with E-state index in [2.05, 4.69) is 30.9 Å². The van der Waals surface area contributed by atoms with Crippen molar-refractivity contribution in [1.82, 2.24) is 0 Å². The molecule has 0 amide bonds. The Morgan fingerprint density at radius 2 is 1.95 bits per heavy atom. The predicted molar refractivity (Wildman–Crippen MR) is 80.8 cm³/mol. The maximum absolute atomic E-state index is 5.94. The molecule has 0 radical (unpaired) electrons. The van der Waals surface area contributed by atoms with E-state index in [0.29, 0.717) is 19.8 Å². The van der Waals surface area contributed by atoms with Gasteiger partial charge in [0.05, 0.1) is 19.8 Å². The van der Waals surface area contributed by atoms with Gasteiger partial charge in [-0.3, -0.25) is 0 Å². The van der Waals surface area contributed by atoms with Crippen LogP contribution in [0.3, 0.4) is 0 Å². The third-order valence-electron chi connectivity index (χ3n) is 3.19. The second kappa shape index (κ2) is 8.77. The molecule has 4 heteroatoms. The monoisotopic (exact) mass is 266 g/mol. The van der Waals surface area contributed by atoms with E-state index in [-0.39, 0.29) is 0 Å². The smallest absolute Gasteiger partial charge is 0.0701 e. The number of likely N-dealkylation sites (N-methyl/N-ethyl adjacent to an activating group) is 1. The lowest BCUT2D eigenvalue weighted by molar-refractivity contribution is 0.0741. The average molecular weight is 266 g/mol. The zero-order valence-electron chi connectivity index (χ0n) is 12.3. The van der Waals surface area contributed by atoms with Gasteiger partial charge in [0.1, 0.15) is 0 Å². The Morgan fingerprint density at radius 3 is 2.58 bits per heavy atom. The topological polar surface area (TPSA) is 47.7 Å². The molecule has 0 atom stereocenters. The van der Waals surface area contributed by atoms with Crippen molar-refractivity contribution >= 4 is 11.4 Å². The molecule has 0 aliphatic rings. The van der Waals surface area contributed by atoms with Crippen LogP contribution in [0, 0.1) is 0 Å². The maximum atomic E-state index is 5.94. The van der Waals surface area contributed by atoms with Crippen LogP contribution in [-0.2, 0) is 15.9 Å². The summed E-state index contributed by atoms with van der Waals surface area (Å²) in [7, 11) is 1.68. The third-order valence-corrected chi connectivity index (χ3v) is 3.19. The van der Waals surface area contributed by atoms with Crippen LogP contribution in [-0.4, -0.2) is 40.0 Å². The van der Waals surface area contributed by atoms with E-state index < -0.39 is 0 Å². The maximum Gasteiger partial charge on any atom is 0.0701 e. The van der Waals surface area contributed by atoms with E-state index >= 15 is 0 Å². The molecule has 19 heavy (non-hydrogen) atoms. The summed E-state index contributed by atoms with van der Waals surface area (Å²) in [4.78, 5) is 2.30. The van der Waals surface area contributed by atoms with Crippen molar-refractivity contribution in [1.29, 1.82) is 0 Å². The lowest BCUT2D eigenvalue weighted by Crippen LogP contribution is -2.27. The number of anilines is 2. The fourth-order valence-corrected chi connectivity index (χ4v) is 1.98. The van der Waals surface area contributed by atoms with Crippen molar-refractivity contribution < 1.29 is 9.47 Å². The largest absolute Gasteiger partial charge is 0.399 e. The highest BCUT2D eigenvalue weighted by molar-refractivity contribution is 5.58. The van der Waals surface area contributed by atoms with Gasteiger partial charge in [0.2, 0.25) is 0 Å². The molecule has 0 aromatic heterocycles. The first-order valence-corrected chi connectivity index (χ1v) is 6.92. The first kappa shape index (κ1) is 15.8. The second-order valence-electron chi connectivity index (χ2n) is 4.42. The molecular weight excluding hydrogens is 240 g/mol. The van der Waals surface area contributed by atoms with Crippen molar-refractivity contribution in [3.05, 3.63) is 23.8 Å². The molecule has 4 nitrogen and oxygen atoms in total. The molecule has 0 spiro atoms. The Bertz CT molecular complexity index is 369. The van der Waals surface area contributed by atoms with Gasteiger partial charge in [0.15, 0.2) is 0 Å². The van der Waals surface area contributed by atoms with E-state index in [9.17, 15) is 0 Å². The SMILES string of the molecule is CCc1cc(N(CC)CCOCCOC)ccc1N.